The lowest BCUT2D eigenvalue weighted by molar-refractivity contribution is -0.142. The maximum absolute atomic E-state index is 12.4. The Balaban J connectivity index is 1.48. The SMILES string of the molecule is CN=C(NCc1ccc(C(N)=O)o1)N1CCN(C(=O)C2CCCO2)CC1. The topological polar surface area (TPSA) is 113 Å². The van der Waals surface area contributed by atoms with Crippen LogP contribution in [0, 0.1) is 0 Å². The van der Waals surface area contributed by atoms with E-state index >= 15 is 0 Å². The van der Waals surface area contributed by atoms with Crippen LogP contribution in [0.2, 0.25) is 0 Å². The zero-order chi connectivity index (χ0) is 18.5. The molecule has 0 radical (unpaired) electrons. The van der Waals surface area contributed by atoms with E-state index in [0.717, 1.165) is 18.8 Å². The van der Waals surface area contributed by atoms with Gasteiger partial charge < -0.3 is 30.0 Å². The van der Waals surface area contributed by atoms with Crippen LogP contribution in [0.15, 0.2) is 21.5 Å². The maximum atomic E-state index is 12.4. The largest absolute Gasteiger partial charge is 0.454 e. The minimum Gasteiger partial charge on any atom is -0.454 e. The van der Waals surface area contributed by atoms with Crippen LogP contribution in [0.1, 0.15) is 29.2 Å². The standard InChI is InChI=1S/C17H25N5O4/c1-19-17(20-11-12-4-5-13(26-12)15(18)23)22-8-6-21(7-9-22)16(24)14-3-2-10-25-14/h4-5,14H,2-3,6-11H2,1H3,(H2,18,23)(H,19,20). The molecular weight excluding hydrogens is 338 g/mol. The van der Waals surface area contributed by atoms with Crippen molar-refractivity contribution in [3.8, 4) is 0 Å². The van der Waals surface area contributed by atoms with Gasteiger partial charge in [-0.3, -0.25) is 14.6 Å². The van der Waals surface area contributed by atoms with E-state index in [4.69, 9.17) is 14.9 Å². The average molecular weight is 363 g/mol. The van der Waals surface area contributed by atoms with Crippen LogP contribution in [-0.4, -0.2) is 73.5 Å². The first-order valence-electron chi connectivity index (χ1n) is 8.83. The van der Waals surface area contributed by atoms with E-state index in [1.54, 1.807) is 19.2 Å². The van der Waals surface area contributed by atoms with Gasteiger partial charge in [-0.1, -0.05) is 0 Å². The number of nitrogens with one attached hydrogen (secondary N) is 1. The molecule has 1 aromatic rings. The highest BCUT2D eigenvalue weighted by Gasteiger charge is 2.30. The molecule has 2 fully saturated rings. The number of carbonyl (C=O) groups excluding carboxylic acids is 2. The zero-order valence-corrected chi connectivity index (χ0v) is 14.9. The molecular formula is C17H25N5O4. The number of furan rings is 1. The molecule has 3 N–H and O–H groups in total. The van der Waals surface area contributed by atoms with Crippen LogP contribution < -0.4 is 11.1 Å². The first-order chi connectivity index (χ1) is 12.6. The van der Waals surface area contributed by atoms with Crippen molar-refractivity contribution in [1.82, 2.24) is 15.1 Å². The van der Waals surface area contributed by atoms with Crippen molar-refractivity contribution in [1.29, 1.82) is 0 Å². The second-order valence-electron chi connectivity index (χ2n) is 6.34. The van der Waals surface area contributed by atoms with Crippen molar-refractivity contribution in [3.63, 3.8) is 0 Å². The van der Waals surface area contributed by atoms with Crippen LogP contribution in [0.4, 0.5) is 0 Å². The van der Waals surface area contributed by atoms with Crippen LogP contribution >= 0.6 is 0 Å². The predicted octanol–water partition coefficient (Wildman–Crippen LogP) is -0.223. The van der Waals surface area contributed by atoms with Gasteiger partial charge in [-0.05, 0) is 25.0 Å². The van der Waals surface area contributed by atoms with Crippen LogP contribution in [0.3, 0.4) is 0 Å². The molecule has 2 amide bonds. The summed E-state index contributed by atoms with van der Waals surface area (Å²) < 4.78 is 10.8. The summed E-state index contributed by atoms with van der Waals surface area (Å²) in [6.07, 6.45) is 1.51. The molecule has 1 unspecified atom stereocenters. The lowest BCUT2D eigenvalue weighted by atomic mass is 10.2. The molecule has 0 spiro atoms. The van der Waals surface area contributed by atoms with Gasteiger partial charge in [0.1, 0.15) is 11.9 Å². The summed E-state index contributed by atoms with van der Waals surface area (Å²) in [5.41, 5.74) is 5.18. The number of nitrogens with zero attached hydrogens (tertiary/aromatic N) is 3. The molecule has 0 saturated carbocycles. The molecule has 0 aromatic carbocycles. The van der Waals surface area contributed by atoms with Crippen LogP contribution in [0.5, 0.6) is 0 Å². The van der Waals surface area contributed by atoms with E-state index < -0.39 is 5.91 Å². The second-order valence-corrected chi connectivity index (χ2v) is 6.34. The normalized spacial score (nSPS) is 21.1. The third-order valence-corrected chi connectivity index (χ3v) is 4.63. The summed E-state index contributed by atoms with van der Waals surface area (Å²) in [5.74, 6) is 0.976. The van der Waals surface area contributed by atoms with Gasteiger partial charge in [0.25, 0.3) is 11.8 Å². The Morgan fingerprint density at radius 1 is 1.27 bits per heavy atom. The highest BCUT2D eigenvalue weighted by molar-refractivity contribution is 5.89. The summed E-state index contributed by atoms with van der Waals surface area (Å²) in [7, 11) is 1.71. The predicted molar refractivity (Wildman–Crippen MR) is 94.6 cm³/mol. The molecule has 2 saturated heterocycles. The summed E-state index contributed by atoms with van der Waals surface area (Å²) in [6, 6.07) is 3.26. The van der Waals surface area contributed by atoms with E-state index in [2.05, 4.69) is 15.2 Å². The fourth-order valence-corrected chi connectivity index (χ4v) is 3.22. The van der Waals surface area contributed by atoms with Crippen molar-refractivity contribution < 1.29 is 18.7 Å². The Bertz CT molecular complexity index is 672. The Morgan fingerprint density at radius 2 is 2.00 bits per heavy atom. The first kappa shape index (κ1) is 18.2. The molecule has 3 rings (SSSR count). The van der Waals surface area contributed by atoms with Gasteiger partial charge in [0.05, 0.1) is 6.54 Å². The number of aliphatic imine (C=N–C) groups is 1. The van der Waals surface area contributed by atoms with Crippen LogP contribution in [-0.2, 0) is 16.1 Å². The average Bonchev–Trinajstić information content (AvgIpc) is 3.34. The quantitative estimate of drug-likeness (QED) is 0.565. The molecule has 2 aliphatic rings. The number of nitrogens with two attached hydrogens (primary N) is 1. The van der Waals surface area contributed by atoms with E-state index in [-0.39, 0.29) is 17.8 Å². The number of hydrogen-bond acceptors (Lipinski definition) is 5. The summed E-state index contributed by atoms with van der Waals surface area (Å²) in [5, 5.41) is 3.21. The number of carbonyl (C=O) groups is 2. The zero-order valence-electron chi connectivity index (χ0n) is 14.9. The Kier molecular flexibility index (Phi) is 5.77. The van der Waals surface area contributed by atoms with Gasteiger partial charge in [0.15, 0.2) is 11.7 Å². The van der Waals surface area contributed by atoms with E-state index in [1.165, 1.54) is 0 Å². The maximum Gasteiger partial charge on any atom is 0.284 e. The van der Waals surface area contributed by atoms with Crippen molar-refractivity contribution in [3.05, 3.63) is 23.7 Å². The molecule has 9 nitrogen and oxygen atoms in total. The molecule has 26 heavy (non-hydrogen) atoms. The van der Waals surface area contributed by atoms with Gasteiger partial charge in [-0.15, -0.1) is 0 Å². The first-order valence-corrected chi connectivity index (χ1v) is 8.83. The van der Waals surface area contributed by atoms with Gasteiger partial charge in [-0.25, -0.2) is 0 Å². The lowest BCUT2D eigenvalue weighted by Gasteiger charge is -2.37. The monoisotopic (exact) mass is 363 g/mol. The molecule has 2 aliphatic heterocycles. The minimum atomic E-state index is -0.590. The van der Waals surface area contributed by atoms with E-state index in [0.29, 0.717) is 45.1 Å². The number of piperazine rings is 1. The number of primary amides is 1. The fourth-order valence-electron chi connectivity index (χ4n) is 3.22. The molecule has 3 heterocycles. The third kappa shape index (κ3) is 4.16. The molecule has 1 atom stereocenters. The minimum absolute atomic E-state index is 0.0969. The van der Waals surface area contributed by atoms with Crippen LogP contribution in [0.25, 0.3) is 0 Å². The number of ether oxygens (including phenoxy) is 1. The number of guanidine groups is 1. The lowest BCUT2D eigenvalue weighted by Crippen LogP contribution is -2.55. The summed E-state index contributed by atoms with van der Waals surface area (Å²) in [6.45, 7) is 3.76. The Labute approximate surface area is 152 Å². The summed E-state index contributed by atoms with van der Waals surface area (Å²) >= 11 is 0. The van der Waals surface area contributed by atoms with Gasteiger partial charge >= 0.3 is 0 Å². The molecule has 142 valence electrons. The van der Waals surface area contributed by atoms with E-state index in [1.807, 2.05) is 4.90 Å². The highest BCUT2D eigenvalue weighted by atomic mass is 16.5. The van der Waals surface area contributed by atoms with Crippen molar-refractivity contribution in [2.24, 2.45) is 10.7 Å². The van der Waals surface area contributed by atoms with Gasteiger partial charge in [0.2, 0.25) is 0 Å². The Morgan fingerprint density at radius 3 is 2.58 bits per heavy atom. The van der Waals surface area contributed by atoms with Gasteiger partial charge in [0, 0.05) is 39.8 Å². The van der Waals surface area contributed by atoms with Gasteiger partial charge in [-0.2, -0.15) is 0 Å². The number of rotatable bonds is 4. The molecule has 0 aliphatic carbocycles. The number of hydrogen-bond donors (Lipinski definition) is 2. The highest BCUT2D eigenvalue weighted by Crippen LogP contribution is 2.16. The molecule has 9 heteroatoms. The second kappa shape index (κ2) is 8.22. The van der Waals surface area contributed by atoms with Crippen molar-refractivity contribution in [2.45, 2.75) is 25.5 Å². The van der Waals surface area contributed by atoms with Crippen molar-refractivity contribution >= 4 is 17.8 Å². The number of amides is 2. The summed E-state index contributed by atoms with van der Waals surface area (Å²) in [4.78, 5) is 31.7. The molecule has 0 bridgehead atoms. The third-order valence-electron chi connectivity index (χ3n) is 4.63. The Hall–Kier alpha value is -2.55. The van der Waals surface area contributed by atoms with Crippen molar-refractivity contribution in [2.75, 3.05) is 39.8 Å². The fraction of sp³-hybridized carbons (Fsp3) is 0.588. The molecule has 1 aromatic heterocycles. The smallest absolute Gasteiger partial charge is 0.284 e. The van der Waals surface area contributed by atoms with E-state index in [9.17, 15) is 9.59 Å².